The summed E-state index contributed by atoms with van der Waals surface area (Å²) in [5.41, 5.74) is 0. The molecule has 19 heavy (non-hydrogen) atoms. The maximum Gasteiger partial charge on any atom is 0.326 e. The molecule has 0 aliphatic rings. The van der Waals surface area contributed by atoms with Crippen LogP contribution in [0.5, 0.6) is 0 Å². The fraction of sp³-hybridized carbons (Fsp3) is 0.333. The zero-order chi connectivity index (χ0) is 14.6. The summed E-state index contributed by atoms with van der Waals surface area (Å²) >= 11 is 0.895. The molecule has 0 radical (unpaired) electrons. The molecule has 0 aliphatic carbocycles. The van der Waals surface area contributed by atoms with Crippen LogP contribution in [0.3, 0.4) is 0 Å². The van der Waals surface area contributed by atoms with Crippen molar-refractivity contribution < 1.29 is 23.5 Å². The van der Waals surface area contributed by atoms with Gasteiger partial charge in [-0.1, -0.05) is 0 Å². The Balaban J connectivity index is 2.61. The molecule has 1 rings (SSSR count). The molecule has 0 saturated carbocycles. The summed E-state index contributed by atoms with van der Waals surface area (Å²) in [6.45, 7) is 1.38. The van der Waals surface area contributed by atoms with E-state index in [1.807, 2.05) is 0 Å². The summed E-state index contributed by atoms with van der Waals surface area (Å²) in [7, 11) is 1.36. The number of carboxylic acids is 1. The van der Waals surface area contributed by atoms with Crippen LogP contribution in [0.4, 0.5) is 8.78 Å². The number of carbonyl (C=O) groups is 2. The van der Waals surface area contributed by atoms with Crippen molar-refractivity contribution in [2.45, 2.75) is 17.9 Å². The molecule has 0 aromatic heterocycles. The highest BCUT2D eigenvalue weighted by atomic mass is 32.2. The highest BCUT2D eigenvalue weighted by molar-refractivity contribution is 8.00. The average molecular weight is 289 g/mol. The summed E-state index contributed by atoms with van der Waals surface area (Å²) in [6, 6.07) is 2.12. The minimum atomic E-state index is -1.12. The normalized spacial score (nSPS) is 12.0. The van der Waals surface area contributed by atoms with E-state index in [9.17, 15) is 18.4 Å². The van der Waals surface area contributed by atoms with Crippen molar-refractivity contribution in [3.05, 3.63) is 29.8 Å². The summed E-state index contributed by atoms with van der Waals surface area (Å²) in [6.07, 6.45) is 0. The Hall–Kier alpha value is -1.63. The Labute approximate surface area is 113 Å². The minimum Gasteiger partial charge on any atom is -0.480 e. The number of likely N-dealkylation sites (N-methyl/N-ethyl adjacent to an activating group) is 1. The van der Waals surface area contributed by atoms with Crippen LogP contribution in [-0.2, 0) is 9.59 Å². The second-order valence-electron chi connectivity index (χ2n) is 3.88. The molecule has 104 valence electrons. The van der Waals surface area contributed by atoms with Crippen LogP contribution in [0, 0.1) is 11.6 Å². The highest BCUT2D eigenvalue weighted by Crippen LogP contribution is 2.22. The lowest BCUT2D eigenvalue weighted by Gasteiger charge is -2.21. The van der Waals surface area contributed by atoms with Crippen molar-refractivity contribution in [1.82, 2.24) is 4.90 Å². The number of hydrogen-bond donors (Lipinski definition) is 1. The number of halogens is 2. The van der Waals surface area contributed by atoms with Crippen LogP contribution >= 0.6 is 11.8 Å². The number of hydrogen-bond acceptors (Lipinski definition) is 3. The van der Waals surface area contributed by atoms with E-state index in [0.29, 0.717) is 0 Å². The number of thioether (sulfide) groups is 1. The van der Waals surface area contributed by atoms with Gasteiger partial charge in [-0.25, -0.2) is 13.6 Å². The molecule has 1 aromatic rings. The zero-order valence-corrected chi connectivity index (χ0v) is 11.2. The van der Waals surface area contributed by atoms with Gasteiger partial charge in [0.1, 0.15) is 17.7 Å². The molecule has 0 heterocycles. The summed E-state index contributed by atoms with van der Waals surface area (Å²) in [4.78, 5) is 23.6. The molecule has 0 saturated heterocycles. The van der Waals surface area contributed by atoms with Gasteiger partial charge in [0.25, 0.3) is 0 Å². The standard InChI is InChI=1S/C12H13F2NO3S/c1-7(12(17)18)15(2)11(16)6-19-10-4-3-8(13)5-9(10)14/h3-5,7H,6H2,1-2H3,(H,17,18). The second-order valence-corrected chi connectivity index (χ2v) is 4.90. The number of carbonyl (C=O) groups excluding carboxylic acids is 1. The van der Waals surface area contributed by atoms with Crippen LogP contribution in [0.1, 0.15) is 6.92 Å². The second kappa shape index (κ2) is 6.51. The van der Waals surface area contributed by atoms with Crippen molar-refractivity contribution in [2.75, 3.05) is 12.8 Å². The molecule has 1 atom stereocenters. The third-order valence-electron chi connectivity index (χ3n) is 2.58. The summed E-state index contributed by atoms with van der Waals surface area (Å²) in [5.74, 6) is -3.11. The van der Waals surface area contributed by atoms with Crippen LogP contribution < -0.4 is 0 Å². The van der Waals surface area contributed by atoms with E-state index in [1.165, 1.54) is 20.0 Å². The van der Waals surface area contributed by atoms with E-state index in [-0.39, 0.29) is 10.6 Å². The third kappa shape index (κ3) is 4.20. The minimum absolute atomic E-state index is 0.114. The molecule has 0 bridgehead atoms. The number of aliphatic carboxylic acids is 1. The molecular formula is C12H13F2NO3S. The Kier molecular flexibility index (Phi) is 5.29. The molecule has 1 amide bonds. The van der Waals surface area contributed by atoms with Gasteiger partial charge in [-0.05, 0) is 19.1 Å². The SMILES string of the molecule is CC(C(=O)O)N(C)C(=O)CSc1ccc(F)cc1F. The van der Waals surface area contributed by atoms with Crippen LogP contribution in [-0.4, -0.2) is 40.7 Å². The number of nitrogens with zero attached hydrogens (tertiary/aromatic N) is 1. The quantitative estimate of drug-likeness (QED) is 0.842. The van der Waals surface area contributed by atoms with E-state index in [2.05, 4.69) is 0 Å². The Bertz CT molecular complexity index is 496. The van der Waals surface area contributed by atoms with Gasteiger partial charge in [-0.15, -0.1) is 11.8 Å². The van der Waals surface area contributed by atoms with Gasteiger partial charge in [0.15, 0.2) is 0 Å². The Morgan fingerprint density at radius 2 is 2.05 bits per heavy atom. The first-order valence-electron chi connectivity index (χ1n) is 5.39. The molecule has 0 fully saturated rings. The van der Waals surface area contributed by atoms with E-state index >= 15 is 0 Å². The molecule has 0 spiro atoms. The largest absolute Gasteiger partial charge is 0.480 e. The summed E-state index contributed by atoms with van der Waals surface area (Å²) < 4.78 is 26.0. The molecule has 1 N–H and O–H groups in total. The number of amides is 1. The van der Waals surface area contributed by atoms with Gasteiger partial charge in [0.2, 0.25) is 5.91 Å². The van der Waals surface area contributed by atoms with Crippen molar-refractivity contribution in [1.29, 1.82) is 0 Å². The van der Waals surface area contributed by atoms with E-state index < -0.39 is 29.6 Å². The van der Waals surface area contributed by atoms with E-state index in [1.54, 1.807) is 0 Å². The fourth-order valence-corrected chi connectivity index (χ4v) is 2.06. The van der Waals surface area contributed by atoms with Gasteiger partial charge in [-0.3, -0.25) is 4.79 Å². The van der Waals surface area contributed by atoms with Crippen molar-refractivity contribution in [3.63, 3.8) is 0 Å². The molecule has 0 aliphatic heterocycles. The van der Waals surface area contributed by atoms with Crippen molar-refractivity contribution >= 4 is 23.6 Å². The zero-order valence-electron chi connectivity index (χ0n) is 10.4. The molecule has 1 aromatic carbocycles. The molecule has 1 unspecified atom stereocenters. The highest BCUT2D eigenvalue weighted by Gasteiger charge is 2.21. The molecular weight excluding hydrogens is 276 g/mol. The third-order valence-corrected chi connectivity index (χ3v) is 3.61. The molecule has 4 nitrogen and oxygen atoms in total. The monoisotopic (exact) mass is 289 g/mol. The average Bonchev–Trinajstić information content (AvgIpc) is 2.35. The van der Waals surface area contributed by atoms with Gasteiger partial charge in [-0.2, -0.15) is 0 Å². The lowest BCUT2D eigenvalue weighted by molar-refractivity contribution is -0.147. The Morgan fingerprint density at radius 3 is 2.58 bits per heavy atom. The fourth-order valence-electron chi connectivity index (χ4n) is 1.22. The predicted octanol–water partition coefficient (Wildman–Crippen LogP) is 1.99. The maximum atomic E-state index is 13.3. The van der Waals surface area contributed by atoms with Crippen molar-refractivity contribution in [3.8, 4) is 0 Å². The topological polar surface area (TPSA) is 57.6 Å². The number of carboxylic acid groups (broad SMARTS) is 1. The van der Waals surface area contributed by atoms with Crippen LogP contribution in [0.15, 0.2) is 23.1 Å². The lowest BCUT2D eigenvalue weighted by Crippen LogP contribution is -2.41. The number of benzene rings is 1. The van der Waals surface area contributed by atoms with E-state index in [0.717, 1.165) is 28.8 Å². The van der Waals surface area contributed by atoms with Crippen molar-refractivity contribution in [2.24, 2.45) is 0 Å². The molecule has 7 heteroatoms. The van der Waals surface area contributed by atoms with Gasteiger partial charge < -0.3 is 10.0 Å². The smallest absolute Gasteiger partial charge is 0.326 e. The van der Waals surface area contributed by atoms with Crippen LogP contribution in [0.25, 0.3) is 0 Å². The van der Waals surface area contributed by atoms with Gasteiger partial charge in [0, 0.05) is 18.0 Å². The predicted molar refractivity (Wildman–Crippen MR) is 66.9 cm³/mol. The Morgan fingerprint density at radius 1 is 1.42 bits per heavy atom. The van der Waals surface area contributed by atoms with Crippen LogP contribution in [0.2, 0.25) is 0 Å². The van der Waals surface area contributed by atoms with Gasteiger partial charge >= 0.3 is 5.97 Å². The first kappa shape index (κ1) is 15.4. The number of rotatable bonds is 5. The lowest BCUT2D eigenvalue weighted by atomic mass is 10.3. The van der Waals surface area contributed by atoms with Gasteiger partial charge in [0.05, 0.1) is 5.75 Å². The van der Waals surface area contributed by atoms with E-state index in [4.69, 9.17) is 5.11 Å². The first-order chi connectivity index (χ1) is 8.82. The maximum absolute atomic E-state index is 13.3. The summed E-state index contributed by atoms with van der Waals surface area (Å²) in [5, 5.41) is 8.76. The first-order valence-corrected chi connectivity index (χ1v) is 6.37.